The van der Waals surface area contributed by atoms with E-state index in [4.69, 9.17) is 10.4 Å². The third-order valence-electron chi connectivity index (χ3n) is 29.2. The lowest BCUT2D eigenvalue weighted by molar-refractivity contribution is -0.141. The summed E-state index contributed by atoms with van der Waals surface area (Å²) in [5.74, 6) is -0.441. The van der Waals surface area contributed by atoms with Gasteiger partial charge in [0.2, 0.25) is 11.8 Å². The van der Waals surface area contributed by atoms with Gasteiger partial charge in [-0.3, -0.25) is 40.0 Å². The van der Waals surface area contributed by atoms with E-state index in [9.17, 15) is 9.59 Å². The van der Waals surface area contributed by atoms with Crippen LogP contribution in [0.4, 0.5) is 0 Å². The van der Waals surface area contributed by atoms with Gasteiger partial charge in [-0.2, -0.15) is 20.4 Å². The first-order valence-corrected chi connectivity index (χ1v) is 58.8. The third-order valence-corrected chi connectivity index (χ3v) is 29.2. The average Bonchev–Trinajstić information content (AvgIpc) is 1.27. The smallest absolute Gasteiger partial charge is 0.249 e. The standard InChI is InChI=1S/C20H41NO2.2C19H40N4.C19H39NO2.C18H38N4.C17H36N4/c1-4-7-8-9-10-11-12-13-14-15-16-17-18-20(5-2,6-3)19(22)21-23;1-4-5-6-7-8-9-10-11-12-13-14-15-16-17-19(2,3)23-18-20-21-22-23;1-3-5-6-7-8-9-10-11-12-13-14-15-16-17-19(4-2)23-18-20-21-22-23;1-4-6-7-8-9-10-11-12-13-14-15-16-17-19(3,5-2)18(21)20-22;1-3-4-5-6-7-8-9-10-11-12-13-14-15-16-18(2)22-17-19-20-21-22;1-2-3-4-5-6-7-8-9-10-11-12-13-14-15-16-21-17-18-19-20-21/h23H,4-18H2,1-3H3,(H,21,22);18,21-22H,4-17H2,1-3H3;18-19,21-22H,3-17H2,1-2H3;22H,4-17H2,1-3H3,(H,20,21);17-18,20-21H,3-16H2,1-2H3;17,19-20H,2-16H2,1H3. The summed E-state index contributed by atoms with van der Waals surface area (Å²) in [6, 6.07) is 1.09. The Bertz CT molecular complexity index is 2500. The lowest BCUT2D eigenvalue weighted by Crippen LogP contribution is -2.50. The summed E-state index contributed by atoms with van der Waals surface area (Å²) in [6.07, 6.45) is 123. The van der Waals surface area contributed by atoms with Gasteiger partial charge >= 0.3 is 0 Å². The molecule has 0 aromatic carbocycles. The Balaban J connectivity index is 0. The Labute approximate surface area is 832 Å². The van der Waals surface area contributed by atoms with Gasteiger partial charge in [0, 0.05) is 24.0 Å². The molecule has 0 saturated heterocycles. The van der Waals surface area contributed by atoms with Crippen molar-refractivity contribution in [3.63, 3.8) is 0 Å². The number of unbranched alkanes of at least 4 members (excludes halogenated alkanes) is 71. The van der Waals surface area contributed by atoms with Crippen molar-refractivity contribution in [3.05, 3.63) is 0 Å². The van der Waals surface area contributed by atoms with Gasteiger partial charge in [-0.05, 0) is 85.0 Å². The molecule has 0 bridgehead atoms. The predicted molar refractivity (Wildman–Crippen MR) is 583 cm³/mol. The van der Waals surface area contributed by atoms with Crippen molar-refractivity contribution in [2.45, 2.75) is 667 Å². The van der Waals surface area contributed by atoms with Crippen LogP contribution in [0.2, 0.25) is 0 Å². The number of hydrazone groups is 4. The molecule has 3 unspecified atom stereocenters. The molecular formula is C112H234N18O4. The van der Waals surface area contributed by atoms with Gasteiger partial charge in [0.15, 0.2) is 0 Å². The Morgan fingerprint density at radius 3 is 0.813 bits per heavy atom. The van der Waals surface area contributed by atoms with E-state index in [2.05, 4.69) is 144 Å². The van der Waals surface area contributed by atoms with Crippen LogP contribution in [0.5, 0.6) is 0 Å². The van der Waals surface area contributed by atoms with E-state index in [-0.39, 0.29) is 22.8 Å². The van der Waals surface area contributed by atoms with Crippen LogP contribution in [0.3, 0.4) is 0 Å². The van der Waals surface area contributed by atoms with E-state index in [0.29, 0.717) is 12.1 Å². The maximum atomic E-state index is 11.9. The Morgan fingerprint density at radius 1 is 0.284 bits per heavy atom. The molecule has 22 heteroatoms. The highest BCUT2D eigenvalue weighted by Crippen LogP contribution is 2.34. The van der Waals surface area contributed by atoms with Crippen molar-refractivity contribution in [2.75, 3.05) is 6.54 Å². The molecule has 0 aromatic rings. The van der Waals surface area contributed by atoms with Crippen LogP contribution >= 0.6 is 0 Å². The molecule has 3 atom stereocenters. The molecule has 4 heterocycles. The fourth-order valence-corrected chi connectivity index (χ4v) is 18.8. The third kappa shape index (κ3) is 83.6. The molecule has 0 radical (unpaired) electrons. The second kappa shape index (κ2) is 103. The van der Waals surface area contributed by atoms with E-state index in [0.717, 1.165) is 51.5 Å². The fraction of sp³-hybridized carbons (Fsp3) is 0.946. The molecule has 4 aliphatic rings. The number of hydrogen-bond donors (Lipinski definition) is 12. The highest BCUT2D eigenvalue weighted by atomic mass is 16.5. The number of hydrogen-bond acceptors (Lipinski definition) is 20. The van der Waals surface area contributed by atoms with Crippen molar-refractivity contribution in [2.24, 2.45) is 31.2 Å². The van der Waals surface area contributed by atoms with Gasteiger partial charge in [-0.25, -0.2) is 33.1 Å². The minimum absolute atomic E-state index is 0.130. The molecule has 0 aromatic heterocycles. The normalized spacial score (nSPS) is 14.0. The summed E-state index contributed by atoms with van der Waals surface area (Å²) >= 11 is 0. The molecule has 0 aliphatic carbocycles. The molecule has 2 amide bonds. The summed E-state index contributed by atoms with van der Waals surface area (Å²) in [7, 11) is 0. The number of nitrogens with zero attached hydrogens (tertiary/aromatic N) is 8. The zero-order chi connectivity index (χ0) is 98.4. The molecule has 12 N–H and O–H groups in total. The molecule has 4 rings (SSSR count). The van der Waals surface area contributed by atoms with Crippen molar-refractivity contribution in [1.29, 1.82) is 0 Å². The zero-order valence-corrected chi connectivity index (χ0v) is 91.8. The van der Waals surface area contributed by atoms with Gasteiger partial charge < -0.3 is 0 Å². The lowest BCUT2D eigenvalue weighted by atomic mass is 9.77. The molecule has 0 fully saturated rings. The van der Waals surface area contributed by atoms with E-state index in [1.165, 1.54) is 507 Å². The minimum atomic E-state index is -0.409. The number of hydrazine groups is 8. The van der Waals surface area contributed by atoms with E-state index in [1.54, 1.807) is 0 Å². The summed E-state index contributed by atoms with van der Waals surface area (Å²) in [6.45, 7) is 31.8. The van der Waals surface area contributed by atoms with Gasteiger partial charge in [-0.15, -0.1) is 22.1 Å². The van der Waals surface area contributed by atoms with E-state index < -0.39 is 5.41 Å². The number of amides is 2. The summed E-state index contributed by atoms with van der Waals surface area (Å²) in [5, 5.41) is 41.7. The number of carbonyl (C=O) groups excluding carboxylic acids is 2. The summed E-state index contributed by atoms with van der Waals surface area (Å²) < 4.78 is 0. The molecule has 134 heavy (non-hydrogen) atoms. The molecule has 4 aliphatic heterocycles. The highest BCUT2D eigenvalue weighted by molar-refractivity contribution is 5.81. The first kappa shape index (κ1) is 132. The Kier molecular flexibility index (Phi) is 101. The molecule has 0 spiro atoms. The predicted octanol–water partition coefficient (Wildman–Crippen LogP) is 33.3. The first-order chi connectivity index (χ1) is 65.6. The van der Waals surface area contributed by atoms with Crippen LogP contribution in [-0.2, 0) is 9.59 Å². The lowest BCUT2D eigenvalue weighted by Gasteiger charge is -2.33. The SMILES string of the molecule is CCCCCCCCCCCCCCC(C)(CC)C(=O)NO.CCCCCCCCCCCCCCC(CC)(CC)C(=O)NO.CCCCCCCCCCCCCCCC(C)(C)N1C=NNN1.CCCCCCCCCCCCCCCC(C)N1C=NNN1.CCCCCCCCCCCCCCCC(CC)N1C=NNN1.CCCCCCCCCCCCCCCCN1C=NNN1. The van der Waals surface area contributed by atoms with Crippen molar-refractivity contribution >= 4 is 37.2 Å². The summed E-state index contributed by atoms with van der Waals surface area (Å²) in [4.78, 5) is 23.5. The largest absolute Gasteiger partial charge is 0.289 e. The molecule has 796 valence electrons. The summed E-state index contributed by atoms with van der Waals surface area (Å²) in [5.41, 5.74) is 26.1. The number of carbonyl (C=O) groups is 2. The quantitative estimate of drug-likeness (QED) is 0.0154. The Hall–Kier alpha value is -4.22. The maximum absolute atomic E-state index is 11.9. The van der Waals surface area contributed by atoms with Gasteiger partial charge in [0.25, 0.3) is 0 Å². The number of hydroxylamine groups is 2. The molecule has 0 saturated carbocycles. The maximum Gasteiger partial charge on any atom is 0.249 e. The Morgan fingerprint density at radius 2 is 0.545 bits per heavy atom. The average molecular weight is 1900 g/mol. The van der Waals surface area contributed by atoms with Crippen molar-refractivity contribution < 1.29 is 20.0 Å². The highest BCUT2D eigenvalue weighted by Gasteiger charge is 2.34. The van der Waals surface area contributed by atoms with Crippen molar-refractivity contribution in [3.8, 4) is 0 Å². The second-order valence-electron chi connectivity index (χ2n) is 41.7. The van der Waals surface area contributed by atoms with Crippen LogP contribution in [-0.4, -0.2) is 91.8 Å². The molecular weight excluding hydrogens is 1660 g/mol. The monoisotopic (exact) mass is 1900 g/mol. The number of rotatable bonds is 92. The van der Waals surface area contributed by atoms with Crippen LogP contribution in [0.15, 0.2) is 20.4 Å². The number of nitrogens with one attached hydrogen (secondary N) is 10. The zero-order valence-electron chi connectivity index (χ0n) is 91.8. The van der Waals surface area contributed by atoms with Gasteiger partial charge in [-0.1, -0.05) is 564 Å². The van der Waals surface area contributed by atoms with Crippen LogP contribution < -0.4 is 55.2 Å². The fourth-order valence-electron chi connectivity index (χ4n) is 18.8. The van der Waals surface area contributed by atoms with E-state index >= 15 is 0 Å². The topological polar surface area (TPSA) is 257 Å². The van der Waals surface area contributed by atoms with E-state index in [1.807, 2.05) is 74.0 Å². The van der Waals surface area contributed by atoms with Crippen LogP contribution in [0.25, 0.3) is 0 Å². The second-order valence-corrected chi connectivity index (χ2v) is 41.7. The van der Waals surface area contributed by atoms with Crippen LogP contribution in [0.1, 0.15) is 649 Å². The van der Waals surface area contributed by atoms with Crippen LogP contribution in [0, 0.1) is 10.8 Å². The first-order valence-electron chi connectivity index (χ1n) is 58.8. The van der Waals surface area contributed by atoms with Crippen molar-refractivity contribution in [1.82, 2.24) is 75.3 Å². The minimum Gasteiger partial charge on any atom is -0.289 e. The molecule has 22 nitrogen and oxygen atoms in total. The van der Waals surface area contributed by atoms with Gasteiger partial charge in [0.1, 0.15) is 25.4 Å². The van der Waals surface area contributed by atoms with Gasteiger partial charge in [0.05, 0.1) is 11.0 Å².